The van der Waals surface area contributed by atoms with Crippen LogP contribution in [0.5, 0.6) is 0 Å². The molecule has 6 nitrogen and oxygen atoms in total. The number of carbonyl (C=O) groups excluding carboxylic acids is 2. The van der Waals surface area contributed by atoms with Gasteiger partial charge in [-0.05, 0) is 31.2 Å². The van der Waals surface area contributed by atoms with Crippen molar-refractivity contribution in [2.75, 3.05) is 56.5 Å². The molecule has 0 radical (unpaired) electrons. The maximum absolute atomic E-state index is 13.9. The molecule has 1 aliphatic rings. The molecule has 154 valence electrons. The van der Waals surface area contributed by atoms with E-state index in [2.05, 4.69) is 5.32 Å². The van der Waals surface area contributed by atoms with Crippen molar-refractivity contribution in [2.24, 2.45) is 0 Å². The van der Waals surface area contributed by atoms with E-state index < -0.39 is 0 Å². The van der Waals surface area contributed by atoms with E-state index in [1.54, 1.807) is 19.2 Å². The van der Waals surface area contributed by atoms with Crippen LogP contribution in [0.2, 0.25) is 0 Å². The Morgan fingerprint density at radius 3 is 2.34 bits per heavy atom. The summed E-state index contributed by atoms with van der Waals surface area (Å²) in [5.74, 6) is -0.561. The van der Waals surface area contributed by atoms with Crippen LogP contribution in [0.25, 0.3) is 0 Å². The normalized spacial score (nSPS) is 14.5. The first-order valence-corrected chi connectivity index (χ1v) is 9.74. The first-order valence-electron chi connectivity index (χ1n) is 9.74. The highest BCUT2D eigenvalue weighted by molar-refractivity contribution is 5.94. The number of aryl methyl sites for hydroxylation is 1. The number of nitrogens with one attached hydrogen (secondary N) is 1. The smallest absolute Gasteiger partial charge is 0.243 e. The summed E-state index contributed by atoms with van der Waals surface area (Å²) in [4.78, 5) is 30.1. The number of likely N-dealkylation sites (N-methyl/N-ethyl adjacent to an activating group) is 1. The molecule has 1 fully saturated rings. The minimum atomic E-state index is -0.228. The number of carbonyl (C=O) groups is 2. The van der Waals surface area contributed by atoms with Crippen LogP contribution in [0.4, 0.5) is 15.8 Å². The predicted octanol–water partition coefficient (Wildman–Crippen LogP) is 2.35. The Labute approximate surface area is 170 Å². The van der Waals surface area contributed by atoms with Gasteiger partial charge in [-0.25, -0.2) is 4.39 Å². The number of para-hydroxylation sites is 1. The van der Waals surface area contributed by atoms with Crippen LogP contribution < -0.4 is 10.2 Å². The van der Waals surface area contributed by atoms with Gasteiger partial charge >= 0.3 is 0 Å². The lowest BCUT2D eigenvalue weighted by Crippen LogP contribution is -2.50. The van der Waals surface area contributed by atoms with Crippen molar-refractivity contribution in [3.05, 3.63) is 59.9 Å². The van der Waals surface area contributed by atoms with Gasteiger partial charge in [-0.3, -0.25) is 14.5 Å². The summed E-state index contributed by atoms with van der Waals surface area (Å²) in [6.45, 7) is 4.89. The summed E-state index contributed by atoms with van der Waals surface area (Å²) in [6, 6.07) is 14.3. The van der Waals surface area contributed by atoms with Crippen molar-refractivity contribution in [2.45, 2.75) is 6.92 Å². The Kier molecular flexibility index (Phi) is 6.82. The number of rotatable bonds is 6. The molecule has 1 heterocycles. The van der Waals surface area contributed by atoms with Crippen molar-refractivity contribution < 1.29 is 14.0 Å². The number of nitrogens with zero attached hydrogens (tertiary/aromatic N) is 3. The molecule has 2 amide bonds. The van der Waals surface area contributed by atoms with Crippen LogP contribution in [-0.2, 0) is 9.59 Å². The van der Waals surface area contributed by atoms with Crippen LogP contribution in [-0.4, -0.2) is 67.9 Å². The first kappa shape index (κ1) is 20.8. The summed E-state index contributed by atoms with van der Waals surface area (Å²) >= 11 is 0. The molecule has 0 aromatic heterocycles. The largest absolute Gasteiger partial charge is 0.367 e. The molecular formula is C22H27FN4O2. The fraction of sp³-hybridized carbons (Fsp3) is 0.364. The van der Waals surface area contributed by atoms with E-state index >= 15 is 0 Å². The third-order valence-corrected chi connectivity index (χ3v) is 5.07. The van der Waals surface area contributed by atoms with Crippen LogP contribution in [0.3, 0.4) is 0 Å². The fourth-order valence-electron chi connectivity index (χ4n) is 3.31. The molecule has 1 saturated heterocycles. The number of amides is 2. The zero-order valence-corrected chi connectivity index (χ0v) is 16.9. The molecule has 7 heteroatoms. The van der Waals surface area contributed by atoms with Crippen LogP contribution >= 0.6 is 0 Å². The summed E-state index contributed by atoms with van der Waals surface area (Å²) in [7, 11) is 1.63. The summed E-state index contributed by atoms with van der Waals surface area (Å²) < 4.78 is 13.9. The fourth-order valence-corrected chi connectivity index (χ4v) is 3.31. The van der Waals surface area contributed by atoms with Gasteiger partial charge in [0.25, 0.3) is 0 Å². The topological polar surface area (TPSA) is 55.9 Å². The van der Waals surface area contributed by atoms with Gasteiger partial charge in [-0.1, -0.05) is 29.8 Å². The molecule has 1 N–H and O–H groups in total. The number of hydrogen-bond donors (Lipinski definition) is 1. The van der Waals surface area contributed by atoms with Gasteiger partial charge in [0.1, 0.15) is 5.82 Å². The molecule has 0 bridgehead atoms. The first-order chi connectivity index (χ1) is 13.9. The van der Waals surface area contributed by atoms with Crippen molar-refractivity contribution in [1.82, 2.24) is 9.80 Å². The van der Waals surface area contributed by atoms with Gasteiger partial charge in [0.2, 0.25) is 11.8 Å². The molecule has 2 aromatic carbocycles. The highest BCUT2D eigenvalue weighted by Gasteiger charge is 2.22. The van der Waals surface area contributed by atoms with Gasteiger partial charge in [0, 0.05) is 38.9 Å². The lowest BCUT2D eigenvalue weighted by molar-refractivity contribution is -0.134. The minimum Gasteiger partial charge on any atom is -0.367 e. The van der Waals surface area contributed by atoms with Crippen LogP contribution in [0, 0.1) is 12.7 Å². The number of hydrogen-bond acceptors (Lipinski definition) is 4. The van der Waals surface area contributed by atoms with Crippen molar-refractivity contribution >= 4 is 23.2 Å². The number of benzene rings is 2. The van der Waals surface area contributed by atoms with Gasteiger partial charge < -0.3 is 15.1 Å². The van der Waals surface area contributed by atoms with Gasteiger partial charge in [-0.2, -0.15) is 0 Å². The molecule has 3 rings (SSSR count). The average Bonchev–Trinajstić information content (AvgIpc) is 2.71. The molecule has 0 unspecified atom stereocenters. The third-order valence-electron chi connectivity index (χ3n) is 5.07. The van der Waals surface area contributed by atoms with Gasteiger partial charge in [0.05, 0.1) is 18.8 Å². The number of piperazine rings is 1. The van der Waals surface area contributed by atoms with Crippen LogP contribution in [0.15, 0.2) is 48.5 Å². The Hall–Kier alpha value is -2.93. The molecule has 0 atom stereocenters. The van der Waals surface area contributed by atoms with Crippen molar-refractivity contribution in [3.8, 4) is 0 Å². The van der Waals surface area contributed by atoms with E-state index in [0.717, 1.165) is 5.56 Å². The summed E-state index contributed by atoms with van der Waals surface area (Å²) in [5, 5.41) is 2.80. The Balaban J connectivity index is 1.43. The average molecular weight is 398 g/mol. The van der Waals surface area contributed by atoms with Crippen molar-refractivity contribution in [1.29, 1.82) is 0 Å². The Morgan fingerprint density at radius 1 is 1.03 bits per heavy atom. The quantitative estimate of drug-likeness (QED) is 0.812. The molecule has 0 aliphatic carbocycles. The van der Waals surface area contributed by atoms with E-state index in [-0.39, 0.29) is 30.7 Å². The zero-order valence-electron chi connectivity index (χ0n) is 16.9. The maximum Gasteiger partial charge on any atom is 0.243 e. The van der Waals surface area contributed by atoms with E-state index in [1.165, 1.54) is 11.0 Å². The Morgan fingerprint density at radius 2 is 1.69 bits per heavy atom. The molecule has 1 aliphatic heterocycles. The molecule has 29 heavy (non-hydrogen) atoms. The SMILES string of the molecule is Cc1ccc(NC(=O)CN(C)C(=O)CN2CCN(c3ccccc3F)CC2)cc1. The molecule has 2 aromatic rings. The lowest BCUT2D eigenvalue weighted by Gasteiger charge is -2.36. The van der Waals surface area contributed by atoms with E-state index in [4.69, 9.17) is 0 Å². The second-order valence-electron chi connectivity index (χ2n) is 7.38. The Bertz CT molecular complexity index is 848. The maximum atomic E-state index is 13.9. The zero-order chi connectivity index (χ0) is 20.8. The van der Waals surface area contributed by atoms with E-state index in [9.17, 15) is 14.0 Å². The summed E-state index contributed by atoms with van der Waals surface area (Å²) in [5.41, 5.74) is 2.43. The lowest BCUT2D eigenvalue weighted by atomic mass is 10.2. The second-order valence-corrected chi connectivity index (χ2v) is 7.38. The monoisotopic (exact) mass is 398 g/mol. The predicted molar refractivity (Wildman–Crippen MR) is 112 cm³/mol. The summed E-state index contributed by atoms with van der Waals surface area (Å²) in [6.07, 6.45) is 0. The standard InChI is InChI=1S/C22H27FN4O2/c1-17-7-9-18(10-8-17)24-21(28)15-25(2)22(29)16-26-11-13-27(14-12-26)20-6-4-3-5-19(20)23/h3-10H,11-16H2,1-2H3,(H,24,28). The minimum absolute atomic E-state index is 0.00189. The van der Waals surface area contributed by atoms with Gasteiger partial charge in [0.15, 0.2) is 0 Å². The van der Waals surface area contributed by atoms with E-state index in [0.29, 0.717) is 37.6 Å². The van der Waals surface area contributed by atoms with E-state index in [1.807, 2.05) is 47.1 Å². The number of anilines is 2. The number of halogens is 1. The van der Waals surface area contributed by atoms with Crippen molar-refractivity contribution in [3.63, 3.8) is 0 Å². The highest BCUT2D eigenvalue weighted by atomic mass is 19.1. The molecule has 0 spiro atoms. The highest BCUT2D eigenvalue weighted by Crippen LogP contribution is 2.20. The van der Waals surface area contributed by atoms with Gasteiger partial charge in [-0.15, -0.1) is 0 Å². The molecular weight excluding hydrogens is 371 g/mol. The third kappa shape index (κ3) is 5.77. The second kappa shape index (κ2) is 9.52. The molecule has 0 saturated carbocycles. The van der Waals surface area contributed by atoms with Crippen LogP contribution in [0.1, 0.15) is 5.56 Å².